The van der Waals surface area contributed by atoms with Gasteiger partial charge >= 0.3 is 6.18 Å². The van der Waals surface area contributed by atoms with Crippen LogP contribution in [0.3, 0.4) is 0 Å². The molecule has 1 aliphatic carbocycles. The van der Waals surface area contributed by atoms with Gasteiger partial charge in [0, 0.05) is 5.69 Å². The summed E-state index contributed by atoms with van der Waals surface area (Å²) in [6, 6.07) is 16.2. The Morgan fingerprint density at radius 3 is 2.31 bits per heavy atom. The molecule has 32 heavy (non-hydrogen) atoms. The van der Waals surface area contributed by atoms with E-state index in [4.69, 9.17) is 9.47 Å². The summed E-state index contributed by atoms with van der Waals surface area (Å²) < 4.78 is 51.4. The summed E-state index contributed by atoms with van der Waals surface area (Å²) in [6.07, 6.45) is -3.31. The van der Waals surface area contributed by atoms with Gasteiger partial charge in [0.25, 0.3) is 0 Å². The monoisotopic (exact) mass is 439 g/mol. The van der Waals surface area contributed by atoms with Crippen molar-refractivity contribution < 1.29 is 27.4 Å². The number of hydrogen-bond acceptors (Lipinski definition) is 3. The van der Waals surface area contributed by atoms with Crippen LogP contribution in [0.1, 0.15) is 29.5 Å². The number of anilines is 1. The molecule has 0 saturated heterocycles. The Balaban J connectivity index is 1.47. The quantitative estimate of drug-likeness (QED) is 0.536. The van der Waals surface area contributed by atoms with Crippen LogP contribution in [0.4, 0.5) is 18.9 Å². The Morgan fingerprint density at radius 1 is 0.906 bits per heavy atom. The van der Waals surface area contributed by atoms with Gasteiger partial charge in [-0.3, -0.25) is 4.79 Å². The van der Waals surface area contributed by atoms with Crippen LogP contribution in [-0.2, 0) is 16.4 Å². The topological polar surface area (TPSA) is 47.6 Å². The number of nitrogens with one attached hydrogen (secondary N) is 1. The van der Waals surface area contributed by atoms with E-state index >= 15 is 0 Å². The van der Waals surface area contributed by atoms with Gasteiger partial charge in [-0.05, 0) is 66.8 Å². The van der Waals surface area contributed by atoms with Gasteiger partial charge in [0.05, 0.1) is 11.0 Å². The van der Waals surface area contributed by atoms with E-state index in [1.807, 2.05) is 25.1 Å². The first-order valence-corrected chi connectivity index (χ1v) is 10.3. The second kappa shape index (κ2) is 7.29. The maximum atomic E-state index is 13.6. The van der Waals surface area contributed by atoms with E-state index in [1.54, 1.807) is 30.3 Å². The van der Waals surface area contributed by atoms with Crippen molar-refractivity contribution in [2.75, 3.05) is 12.1 Å². The van der Waals surface area contributed by atoms with Crippen molar-refractivity contribution in [2.45, 2.75) is 31.4 Å². The maximum absolute atomic E-state index is 13.6. The van der Waals surface area contributed by atoms with Crippen LogP contribution in [0, 0.1) is 6.92 Å². The molecule has 3 aromatic carbocycles. The summed E-state index contributed by atoms with van der Waals surface area (Å²) in [5.41, 5.74) is 1.35. The summed E-state index contributed by atoms with van der Waals surface area (Å²) in [5, 5.41) is 2.73. The molecule has 1 heterocycles. The number of benzene rings is 3. The van der Waals surface area contributed by atoms with Crippen LogP contribution in [0.5, 0.6) is 11.5 Å². The number of carbonyl (C=O) groups is 1. The first-order valence-electron chi connectivity index (χ1n) is 10.3. The summed E-state index contributed by atoms with van der Waals surface area (Å²) in [7, 11) is 0. The van der Waals surface area contributed by atoms with E-state index in [0.29, 0.717) is 35.5 Å². The number of amides is 1. The molecule has 3 aromatic rings. The third kappa shape index (κ3) is 3.68. The molecular formula is C25H20F3NO3. The van der Waals surface area contributed by atoms with Gasteiger partial charge < -0.3 is 14.8 Å². The zero-order valence-electron chi connectivity index (χ0n) is 17.3. The van der Waals surface area contributed by atoms with Crippen LogP contribution >= 0.6 is 0 Å². The summed E-state index contributed by atoms with van der Waals surface area (Å²) in [5.74, 6) is 0.860. The third-order valence-electron chi connectivity index (χ3n) is 6.01. The Morgan fingerprint density at radius 2 is 1.62 bits per heavy atom. The highest BCUT2D eigenvalue weighted by atomic mass is 19.4. The summed E-state index contributed by atoms with van der Waals surface area (Å²) >= 11 is 0. The predicted octanol–water partition coefficient (Wildman–Crippen LogP) is 6.08. The van der Waals surface area contributed by atoms with Crippen molar-refractivity contribution in [3.05, 3.63) is 77.4 Å². The molecule has 0 radical (unpaired) electrons. The van der Waals surface area contributed by atoms with Crippen LogP contribution in [0.25, 0.3) is 11.1 Å². The highest BCUT2D eigenvalue weighted by Gasteiger charge is 2.51. The number of fused-ring (bicyclic) bond motifs is 1. The number of aryl methyl sites for hydroxylation is 1. The highest BCUT2D eigenvalue weighted by Crippen LogP contribution is 2.51. The summed E-state index contributed by atoms with van der Waals surface area (Å²) in [4.78, 5) is 13.2. The van der Waals surface area contributed by atoms with E-state index < -0.39 is 17.2 Å². The lowest BCUT2D eigenvalue weighted by Crippen LogP contribution is -2.28. The Kier molecular flexibility index (Phi) is 4.65. The van der Waals surface area contributed by atoms with Crippen LogP contribution < -0.4 is 14.8 Å². The number of carbonyl (C=O) groups excluding carboxylic acids is 1. The molecule has 164 valence electrons. The van der Waals surface area contributed by atoms with Gasteiger partial charge in [0.2, 0.25) is 12.7 Å². The molecule has 2 aliphatic rings. The van der Waals surface area contributed by atoms with Crippen molar-refractivity contribution in [3.63, 3.8) is 0 Å². The Labute approximate surface area is 183 Å². The number of ether oxygens (including phenoxy) is 2. The van der Waals surface area contributed by atoms with E-state index in [-0.39, 0.29) is 18.4 Å². The minimum absolute atomic E-state index is 0.118. The molecule has 0 aromatic heterocycles. The second-order valence-corrected chi connectivity index (χ2v) is 8.27. The molecule has 1 fully saturated rings. The zero-order chi connectivity index (χ0) is 22.5. The van der Waals surface area contributed by atoms with Gasteiger partial charge in [0.15, 0.2) is 11.5 Å². The van der Waals surface area contributed by atoms with Crippen LogP contribution in [0.2, 0.25) is 0 Å². The Hall–Kier alpha value is -3.48. The fourth-order valence-electron chi connectivity index (χ4n) is 3.99. The molecule has 0 spiro atoms. The van der Waals surface area contributed by atoms with Gasteiger partial charge in [-0.25, -0.2) is 0 Å². The molecule has 1 saturated carbocycles. The fraction of sp³-hybridized carbons (Fsp3) is 0.240. The number of rotatable bonds is 4. The third-order valence-corrected chi connectivity index (χ3v) is 6.01. The molecular weight excluding hydrogens is 419 g/mol. The van der Waals surface area contributed by atoms with Gasteiger partial charge in [-0.1, -0.05) is 35.9 Å². The SMILES string of the molecule is Cc1ccc(-c2cc(NC(=O)C3(c4ccc5c(c4)OCO5)CC3)cc(C(F)(F)F)c2)cc1. The van der Waals surface area contributed by atoms with Crippen LogP contribution in [0.15, 0.2) is 60.7 Å². The predicted molar refractivity (Wildman–Crippen MR) is 114 cm³/mol. The highest BCUT2D eigenvalue weighted by molar-refractivity contribution is 6.02. The molecule has 7 heteroatoms. The number of alkyl halides is 3. The first kappa shape index (κ1) is 20.4. The molecule has 0 atom stereocenters. The Bertz CT molecular complexity index is 1200. The lowest BCUT2D eigenvalue weighted by molar-refractivity contribution is -0.137. The average molecular weight is 439 g/mol. The second-order valence-electron chi connectivity index (χ2n) is 8.27. The van der Waals surface area contributed by atoms with Crippen molar-refractivity contribution >= 4 is 11.6 Å². The largest absolute Gasteiger partial charge is 0.454 e. The van der Waals surface area contributed by atoms with E-state index in [2.05, 4.69) is 5.32 Å². The average Bonchev–Trinajstić information content (AvgIpc) is 3.44. The van der Waals surface area contributed by atoms with Gasteiger partial charge in [-0.2, -0.15) is 13.2 Å². The molecule has 0 bridgehead atoms. The van der Waals surface area contributed by atoms with E-state index in [1.165, 1.54) is 0 Å². The molecule has 1 N–H and O–H groups in total. The van der Waals surface area contributed by atoms with Crippen LogP contribution in [-0.4, -0.2) is 12.7 Å². The summed E-state index contributed by atoms with van der Waals surface area (Å²) in [6.45, 7) is 2.04. The van der Waals surface area contributed by atoms with Crippen molar-refractivity contribution in [2.24, 2.45) is 0 Å². The van der Waals surface area contributed by atoms with Crippen molar-refractivity contribution in [1.82, 2.24) is 0 Å². The standard InChI is InChI=1S/C25H20F3NO3/c1-15-2-4-16(5-3-15)17-10-19(25(26,27)28)12-20(11-17)29-23(30)24(8-9-24)18-6-7-21-22(13-18)32-14-31-21/h2-7,10-13H,8-9,14H2,1H3,(H,29,30). The first-order chi connectivity index (χ1) is 15.2. The maximum Gasteiger partial charge on any atom is 0.416 e. The fourth-order valence-corrected chi connectivity index (χ4v) is 3.99. The molecule has 1 amide bonds. The molecule has 0 unspecified atom stereocenters. The lowest BCUT2D eigenvalue weighted by atomic mass is 9.94. The lowest BCUT2D eigenvalue weighted by Gasteiger charge is -2.18. The minimum Gasteiger partial charge on any atom is -0.454 e. The molecule has 4 nitrogen and oxygen atoms in total. The van der Waals surface area contributed by atoms with Crippen molar-refractivity contribution in [3.8, 4) is 22.6 Å². The number of halogens is 3. The zero-order valence-corrected chi connectivity index (χ0v) is 17.3. The number of hydrogen-bond donors (Lipinski definition) is 1. The van der Waals surface area contributed by atoms with Crippen molar-refractivity contribution in [1.29, 1.82) is 0 Å². The smallest absolute Gasteiger partial charge is 0.416 e. The van der Waals surface area contributed by atoms with E-state index in [0.717, 1.165) is 23.3 Å². The van der Waals surface area contributed by atoms with Gasteiger partial charge in [-0.15, -0.1) is 0 Å². The molecule has 5 rings (SSSR count). The normalized spacial score (nSPS) is 16.0. The minimum atomic E-state index is -4.53. The van der Waals surface area contributed by atoms with E-state index in [9.17, 15) is 18.0 Å². The van der Waals surface area contributed by atoms with Gasteiger partial charge in [0.1, 0.15) is 0 Å². The molecule has 1 aliphatic heterocycles.